The van der Waals surface area contributed by atoms with Crippen molar-refractivity contribution in [3.63, 3.8) is 0 Å². The smallest absolute Gasteiger partial charge is 0.273 e. The molecule has 0 N–H and O–H groups in total. The van der Waals surface area contributed by atoms with Crippen molar-refractivity contribution in [2.75, 3.05) is 6.54 Å². The Labute approximate surface area is 221 Å². The molecule has 3 amide bonds. The molecular formula is C24H18Br2FN3O6. The van der Waals surface area contributed by atoms with Gasteiger partial charge in [-0.05, 0) is 48.6 Å². The van der Waals surface area contributed by atoms with Gasteiger partial charge in [-0.25, -0.2) is 9.40 Å². The number of ketones is 1. The number of imide groups is 1. The summed E-state index contributed by atoms with van der Waals surface area (Å²) in [6.45, 7) is -0.686. The molecule has 1 saturated heterocycles. The topological polar surface area (TPSA) is 118 Å². The fraction of sp³-hybridized carbons (Fsp3) is 0.333. The van der Waals surface area contributed by atoms with Crippen LogP contribution in [0.1, 0.15) is 27.1 Å². The van der Waals surface area contributed by atoms with Gasteiger partial charge in [-0.15, -0.1) is 0 Å². The Bertz CT molecular complexity index is 1270. The van der Waals surface area contributed by atoms with E-state index < -0.39 is 52.6 Å². The molecule has 36 heavy (non-hydrogen) atoms. The molecule has 0 aromatic heterocycles. The van der Waals surface area contributed by atoms with Crippen molar-refractivity contribution in [1.82, 2.24) is 10.0 Å². The van der Waals surface area contributed by atoms with E-state index in [-0.39, 0.29) is 38.3 Å². The van der Waals surface area contributed by atoms with Crippen LogP contribution in [0.15, 0.2) is 48.5 Å². The van der Waals surface area contributed by atoms with Gasteiger partial charge in [-0.3, -0.25) is 29.3 Å². The maximum Gasteiger partial charge on any atom is 0.273 e. The Morgan fingerprint density at radius 2 is 1.58 bits per heavy atom. The zero-order valence-electron chi connectivity index (χ0n) is 18.4. The molecule has 0 radical (unpaired) electrons. The normalized spacial score (nSPS) is 28.4. The lowest BCUT2D eigenvalue weighted by molar-refractivity contribution is -0.384. The maximum absolute atomic E-state index is 13.6. The molecular weight excluding hydrogens is 605 g/mol. The van der Waals surface area contributed by atoms with E-state index in [1.165, 1.54) is 30.3 Å². The van der Waals surface area contributed by atoms with Crippen LogP contribution in [0.2, 0.25) is 0 Å². The van der Waals surface area contributed by atoms with E-state index in [2.05, 4.69) is 31.9 Å². The first-order chi connectivity index (χ1) is 17.1. The van der Waals surface area contributed by atoms with Gasteiger partial charge in [-0.1, -0.05) is 37.9 Å². The minimum absolute atomic E-state index is 0.0257. The zero-order chi connectivity index (χ0) is 25.9. The highest BCUT2D eigenvalue weighted by atomic mass is 79.9. The molecule has 1 aliphatic heterocycles. The number of nitrogens with zero attached hydrogens (tertiary/aromatic N) is 3. The number of hydrazine groups is 1. The van der Waals surface area contributed by atoms with Gasteiger partial charge >= 0.3 is 0 Å². The van der Waals surface area contributed by atoms with Crippen LogP contribution >= 0.6 is 31.9 Å². The van der Waals surface area contributed by atoms with Crippen molar-refractivity contribution in [3.8, 4) is 0 Å². The van der Waals surface area contributed by atoms with Crippen LogP contribution in [0, 0.1) is 39.6 Å². The van der Waals surface area contributed by atoms with Crippen LogP contribution in [0.5, 0.6) is 0 Å². The number of rotatable bonds is 6. The predicted octanol–water partition coefficient (Wildman–Crippen LogP) is 3.75. The van der Waals surface area contributed by atoms with Gasteiger partial charge in [0.05, 0.1) is 16.8 Å². The summed E-state index contributed by atoms with van der Waals surface area (Å²) in [5.41, 5.74) is -0.439. The number of nitro benzene ring substituents is 1. The molecule has 2 bridgehead atoms. The van der Waals surface area contributed by atoms with Gasteiger partial charge in [0, 0.05) is 32.9 Å². The zero-order valence-corrected chi connectivity index (χ0v) is 21.6. The van der Waals surface area contributed by atoms with Crippen LogP contribution in [-0.2, 0) is 9.59 Å². The first-order valence-corrected chi connectivity index (χ1v) is 12.9. The van der Waals surface area contributed by atoms with Crippen molar-refractivity contribution in [2.24, 2.45) is 23.7 Å². The monoisotopic (exact) mass is 621 g/mol. The lowest BCUT2D eigenvalue weighted by Crippen LogP contribution is -2.52. The Balaban J connectivity index is 1.52. The number of fused-ring (bicyclic) bond motifs is 5. The summed E-state index contributed by atoms with van der Waals surface area (Å²) in [5.74, 6) is -4.76. The van der Waals surface area contributed by atoms with Crippen molar-refractivity contribution >= 4 is 61.1 Å². The van der Waals surface area contributed by atoms with Gasteiger partial charge in [0.2, 0.25) is 0 Å². The quantitative estimate of drug-likeness (QED) is 0.159. The third kappa shape index (κ3) is 3.86. The average molecular weight is 623 g/mol. The number of Topliss-reactive ketones (excluding diaryl/α,β-unsaturated/α-hetero) is 1. The minimum atomic E-state index is -0.908. The van der Waals surface area contributed by atoms with Crippen molar-refractivity contribution in [3.05, 3.63) is 75.6 Å². The van der Waals surface area contributed by atoms with Crippen LogP contribution in [-0.4, -0.2) is 54.6 Å². The second-order valence-corrected chi connectivity index (χ2v) is 11.2. The number of carbonyl (C=O) groups excluding carboxylic acids is 4. The molecule has 5 rings (SSSR count). The van der Waals surface area contributed by atoms with Crippen LogP contribution < -0.4 is 0 Å². The number of carbonyl (C=O) groups is 4. The first kappa shape index (κ1) is 24.7. The fourth-order valence-corrected chi connectivity index (χ4v) is 7.44. The molecule has 12 heteroatoms. The van der Waals surface area contributed by atoms with E-state index in [0.717, 1.165) is 28.2 Å². The SMILES string of the molecule is O=C(CN(C(=O)c1cccc([N+](=O)[O-])c1)N1C(=O)[C@@H]2[C@H]3C[C@@H]([C@H](Br)[C@H]3Br)[C@@H]2C1=O)c1ccc(F)cc1. The molecule has 2 saturated carbocycles. The summed E-state index contributed by atoms with van der Waals surface area (Å²) < 4.78 is 13.4. The Hall–Kier alpha value is -2.99. The number of non-ortho nitro benzene ring substituents is 1. The van der Waals surface area contributed by atoms with E-state index in [0.29, 0.717) is 6.42 Å². The summed E-state index contributed by atoms with van der Waals surface area (Å²) in [4.78, 5) is 64.3. The van der Waals surface area contributed by atoms with Gasteiger partial charge in [-0.2, -0.15) is 5.01 Å². The standard InChI is InChI=1S/C24H18Br2FN3O6/c25-20-15-9-16(21(20)26)19-18(15)23(33)29(24(19)34)28(10-17(31)11-4-6-13(27)7-5-11)22(32)12-2-1-3-14(8-12)30(35)36/h1-8,15-16,18-21H,9-10H2/t15-,16-,18-,19+,20+,21+/m1/s1. The van der Waals surface area contributed by atoms with E-state index in [1.54, 1.807) is 0 Å². The molecule has 2 aromatic carbocycles. The molecule has 3 aliphatic rings. The van der Waals surface area contributed by atoms with E-state index in [4.69, 9.17) is 0 Å². The Kier molecular flexibility index (Phi) is 6.27. The third-order valence-electron chi connectivity index (χ3n) is 7.20. The Morgan fingerprint density at radius 1 is 1.00 bits per heavy atom. The summed E-state index contributed by atoms with van der Waals surface area (Å²) in [6.07, 6.45) is 0.680. The third-order valence-corrected chi connectivity index (χ3v) is 10.4. The number of benzene rings is 2. The second-order valence-electron chi connectivity index (χ2n) is 9.09. The molecule has 2 aromatic rings. The number of hydrogen-bond donors (Lipinski definition) is 0. The molecule has 3 fully saturated rings. The van der Waals surface area contributed by atoms with Gasteiger partial charge in [0.1, 0.15) is 12.4 Å². The van der Waals surface area contributed by atoms with Crippen molar-refractivity contribution in [1.29, 1.82) is 0 Å². The summed E-state index contributed by atoms with van der Waals surface area (Å²) in [7, 11) is 0. The number of amides is 3. The molecule has 0 unspecified atom stereocenters. The number of halogens is 3. The van der Waals surface area contributed by atoms with E-state index in [1.807, 2.05) is 0 Å². The number of alkyl halides is 2. The maximum atomic E-state index is 13.6. The number of hydrogen-bond acceptors (Lipinski definition) is 6. The van der Waals surface area contributed by atoms with Crippen LogP contribution in [0.4, 0.5) is 10.1 Å². The average Bonchev–Trinajstić information content (AvgIpc) is 3.47. The molecule has 6 atom stereocenters. The lowest BCUT2D eigenvalue weighted by atomic mass is 9.81. The van der Waals surface area contributed by atoms with Gasteiger partial charge in [0.15, 0.2) is 5.78 Å². The molecule has 186 valence electrons. The highest BCUT2D eigenvalue weighted by molar-refractivity contribution is 9.12. The molecule has 1 heterocycles. The lowest BCUT2D eigenvalue weighted by Gasteiger charge is -2.30. The fourth-order valence-electron chi connectivity index (χ4n) is 5.57. The second kappa shape index (κ2) is 9.15. The van der Waals surface area contributed by atoms with Crippen LogP contribution in [0.3, 0.4) is 0 Å². The molecule has 0 spiro atoms. The largest absolute Gasteiger partial charge is 0.292 e. The van der Waals surface area contributed by atoms with Gasteiger partial charge < -0.3 is 0 Å². The minimum Gasteiger partial charge on any atom is -0.292 e. The van der Waals surface area contributed by atoms with Crippen molar-refractivity contribution < 1.29 is 28.5 Å². The van der Waals surface area contributed by atoms with E-state index >= 15 is 0 Å². The Morgan fingerprint density at radius 3 is 2.14 bits per heavy atom. The summed E-state index contributed by atoms with van der Waals surface area (Å²) in [5, 5.41) is 12.7. The summed E-state index contributed by atoms with van der Waals surface area (Å²) >= 11 is 7.21. The highest BCUT2D eigenvalue weighted by Crippen LogP contribution is 2.60. The molecule has 9 nitrogen and oxygen atoms in total. The number of nitro groups is 1. The highest BCUT2D eigenvalue weighted by Gasteiger charge is 2.67. The van der Waals surface area contributed by atoms with Crippen molar-refractivity contribution in [2.45, 2.75) is 16.1 Å². The first-order valence-electron chi connectivity index (χ1n) is 11.1. The molecule has 2 aliphatic carbocycles. The van der Waals surface area contributed by atoms with Crippen LogP contribution in [0.25, 0.3) is 0 Å². The summed E-state index contributed by atoms with van der Waals surface area (Å²) in [6, 6.07) is 9.48. The van der Waals surface area contributed by atoms with Gasteiger partial charge in [0.25, 0.3) is 23.4 Å². The predicted molar refractivity (Wildman–Crippen MR) is 131 cm³/mol. The van der Waals surface area contributed by atoms with E-state index in [9.17, 15) is 33.7 Å².